The Hall–Kier alpha value is -0.120. The minimum Gasteiger partial charge on any atom is -0.396 e. The molecule has 0 aromatic rings. The van der Waals surface area contributed by atoms with Gasteiger partial charge in [0.15, 0.2) is 0 Å². The first kappa shape index (κ1) is 10.9. The molecule has 1 atom stereocenters. The highest BCUT2D eigenvalue weighted by molar-refractivity contribution is 4.65. The molecule has 3 nitrogen and oxygen atoms in total. The summed E-state index contributed by atoms with van der Waals surface area (Å²) in [5.41, 5.74) is 5.52. The van der Waals surface area contributed by atoms with E-state index < -0.39 is 0 Å². The van der Waals surface area contributed by atoms with Crippen LogP contribution < -0.4 is 11.1 Å². The molecule has 0 aliphatic heterocycles. The Morgan fingerprint density at radius 3 is 2.73 bits per heavy atom. The second kappa shape index (κ2) is 7.98. The van der Waals surface area contributed by atoms with Gasteiger partial charge in [0.2, 0.25) is 0 Å². The van der Waals surface area contributed by atoms with Crippen molar-refractivity contribution in [1.29, 1.82) is 0 Å². The normalized spacial score (nSPS) is 13.4. The molecule has 0 rings (SSSR count). The molecule has 0 radical (unpaired) electrons. The van der Waals surface area contributed by atoms with Crippen molar-refractivity contribution in [2.75, 3.05) is 19.7 Å². The standard InChI is InChI=1S/C8H20N2O/c1-2-4-8(7-9)10-5-3-6-11/h8,10-11H,2-7,9H2,1H3. The third-order valence-electron chi connectivity index (χ3n) is 1.69. The average Bonchev–Trinajstić information content (AvgIpc) is 2.03. The number of hydrogen-bond acceptors (Lipinski definition) is 3. The van der Waals surface area contributed by atoms with Gasteiger partial charge < -0.3 is 16.2 Å². The second-order valence-corrected chi connectivity index (χ2v) is 2.75. The van der Waals surface area contributed by atoms with E-state index in [0.29, 0.717) is 12.6 Å². The van der Waals surface area contributed by atoms with Crippen molar-refractivity contribution >= 4 is 0 Å². The molecule has 0 fully saturated rings. The Bertz CT molecular complexity index is 78.5. The Kier molecular flexibility index (Phi) is 7.89. The average molecular weight is 160 g/mol. The van der Waals surface area contributed by atoms with E-state index in [1.54, 1.807) is 0 Å². The van der Waals surface area contributed by atoms with Gasteiger partial charge in [-0.05, 0) is 19.4 Å². The number of aliphatic hydroxyl groups is 1. The highest BCUT2D eigenvalue weighted by atomic mass is 16.3. The number of rotatable bonds is 7. The van der Waals surface area contributed by atoms with E-state index in [4.69, 9.17) is 10.8 Å². The molecule has 0 aliphatic rings. The van der Waals surface area contributed by atoms with Gasteiger partial charge in [0.25, 0.3) is 0 Å². The van der Waals surface area contributed by atoms with Crippen LogP contribution in [0, 0.1) is 0 Å². The number of nitrogens with two attached hydrogens (primary N) is 1. The summed E-state index contributed by atoms with van der Waals surface area (Å²) in [7, 11) is 0. The van der Waals surface area contributed by atoms with Crippen LogP contribution in [0.5, 0.6) is 0 Å². The quantitative estimate of drug-likeness (QED) is 0.462. The molecule has 11 heavy (non-hydrogen) atoms. The zero-order valence-electron chi connectivity index (χ0n) is 7.34. The summed E-state index contributed by atoms with van der Waals surface area (Å²) in [5.74, 6) is 0. The maximum absolute atomic E-state index is 8.51. The third kappa shape index (κ3) is 6.28. The van der Waals surface area contributed by atoms with Crippen LogP contribution in [0.25, 0.3) is 0 Å². The van der Waals surface area contributed by atoms with Crippen molar-refractivity contribution in [2.24, 2.45) is 5.73 Å². The Labute approximate surface area is 69.0 Å². The third-order valence-corrected chi connectivity index (χ3v) is 1.69. The van der Waals surface area contributed by atoms with Crippen molar-refractivity contribution in [3.05, 3.63) is 0 Å². The largest absolute Gasteiger partial charge is 0.396 e. The predicted octanol–water partition coefficient (Wildman–Crippen LogP) is 0.0858. The first-order chi connectivity index (χ1) is 5.35. The lowest BCUT2D eigenvalue weighted by Crippen LogP contribution is -2.36. The Morgan fingerprint density at radius 2 is 2.27 bits per heavy atom. The van der Waals surface area contributed by atoms with Crippen LogP contribution >= 0.6 is 0 Å². The van der Waals surface area contributed by atoms with Crippen molar-refractivity contribution in [1.82, 2.24) is 5.32 Å². The van der Waals surface area contributed by atoms with Crippen molar-refractivity contribution in [3.63, 3.8) is 0 Å². The molecule has 0 saturated heterocycles. The second-order valence-electron chi connectivity index (χ2n) is 2.75. The summed E-state index contributed by atoms with van der Waals surface area (Å²) in [6.07, 6.45) is 3.11. The maximum atomic E-state index is 8.51. The van der Waals surface area contributed by atoms with Crippen LogP contribution in [0.1, 0.15) is 26.2 Å². The number of nitrogens with one attached hydrogen (secondary N) is 1. The van der Waals surface area contributed by atoms with Crippen molar-refractivity contribution in [2.45, 2.75) is 32.2 Å². The van der Waals surface area contributed by atoms with E-state index in [0.717, 1.165) is 25.8 Å². The van der Waals surface area contributed by atoms with Gasteiger partial charge in [-0.15, -0.1) is 0 Å². The molecule has 3 heteroatoms. The van der Waals surface area contributed by atoms with E-state index in [-0.39, 0.29) is 6.61 Å². The topological polar surface area (TPSA) is 58.3 Å². The van der Waals surface area contributed by atoms with Crippen LogP contribution in [0.4, 0.5) is 0 Å². The lowest BCUT2D eigenvalue weighted by molar-refractivity contribution is 0.282. The van der Waals surface area contributed by atoms with Gasteiger partial charge in [-0.25, -0.2) is 0 Å². The van der Waals surface area contributed by atoms with E-state index in [2.05, 4.69) is 12.2 Å². The molecule has 0 aliphatic carbocycles. The maximum Gasteiger partial charge on any atom is 0.0443 e. The zero-order valence-corrected chi connectivity index (χ0v) is 7.34. The first-order valence-electron chi connectivity index (χ1n) is 4.39. The van der Waals surface area contributed by atoms with Crippen molar-refractivity contribution < 1.29 is 5.11 Å². The Morgan fingerprint density at radius 1 is 1.55 bits per heavy atom. The smallest absolute Gasteiger partial charge is 0.0443 e. The minimum atomic E-state index is 0.260. The molecule has 1 unspecified atom stereocenters. The Balaban J connectivity index is 3.20. The molecule has 0 spiro atoms. The summed E-state index contributed by atoms with van der Waals surface area (Å²) >= 11 is 0. The van der Waals surface area contributed by atoms with E-state index in [9.17, 15) is 0 Å². The molecule has 0 aromatic carbocycles. The fourth-order valence-corrected chi connectivity index (χ4v) is 1.04. The highest BCUT2D eigenvalue weighted by Gasteiger charge is 2.01. The van der Waals surface area contributed by atoms with Crippen LogP contribution in [-0.2, 0) is 0 Å². The predicted molar refractivity (Wildman–Crippen MR) is 47.5 cm³/mol. The van der Waals surface area contributed by atoms with Gasteiger partial charge in [0.1, 0.15) is 0 Å². The molecule has 4 N–H and O–H groups in total. The van der Waals surface area contributed by atoms with E-state index in [1.165, 1.54) is 0 Å². The summed E-state index contributed by atoms with van der Waals surface area (Å²) < 4.78 is 0. The van der Waals surface area contributed by atoms with Gasteiger partial charge in [-0.1, -0.05) is 13.3 Å². The minimum absolute atomic E-state index is 0.260. The zero-order chi connectivity index (χ0) is 8.53. The van der Waals surface area contributed by atoms with Gasteiger partial charge in [0, 0.05) is 19.2 Å². The lowest BCUT2D eigenvalue weighted by Gasteiger charge is -2.14. The molecule has 0 heterocycles. The van der Waals surface area contributed by atoms with Crippen LogP contribution in [0.3, 0.4) is 0 Å². The van der Waals surface area contributed by atoms with Crippen LogP contribution in [0.15, 0.2) is 0 Å². The summed E-state index contributed by atoms with van der Waals surface area (Å²) in [6, 6.07) is 0.437. The fraction of sp³-hybridized carbons (Fsp3) is 1.00. The van der Waals surface area contributed by atoms with Crippen LogP contribution in [0.2, 0.25) is 0 Å². The highest BCUT2D eigenvalue weighted by Crippen LogP contribution is 1.93. The molecule has 0 aromatic heterocycles. The number of aliphatic hydroxyl groups excluding tert-OH is 1. The molecular formula is C8H20N2O. The van der Waals surface area contributed by atoms with E-state index >= 15 is 0 Å². The number of hydrogen-bond donors (Lipinski definition) is 3. The monoisotopic (exact) mass is 160 g/mol. The van der Waals surface area contributed by atoms with E-state index in [1.807, 2.05) is 0 Å². The fourth-order valence-electron chi connectivity index (χ4n) is 1.04. The molecule has 0 amide bonds. The molecule has 0 bridgehead atoms. The lowest BCUT2D eigenvalue weighted by atomic mass is 10.1. The summed E-state index contributed by atoms with van der Waals surface area (Å²) in [5, 5.41) is 11.8. The van der Waals surface area contributed by atoms with Gasteiger partial charge in [0.05, 0.1) is 0 Å². The van der Waals surface area contributed by atoms with Crippen LogP contribution in [-0.4, -0.2) is 30.8 Å². The summed E-state index contributed by atoms with van der Waals surface area (Å²) in [4.78, 5) is 0. The summed E-state index contributed by atoms with van der Waals surface area (Å²) in [6.45, 7) is 3.98. The van der Waals surface area contributed by atoms with Gasteiger partial charge >= 0.3 is 0 Å². The molecular weight excluding hydrogens is 140 g/mol. The molecule has 68 valence electrons. The molecule has 0 saturated carbocycles. The van der Waals surface area contributed by atoms with Crippen molar-refractivity contribution in [3.8, 4) is 0 Å². The SMILES string of the molecule is CCCC(CN)NCCCO. The first-order valence-corrected chi connectivity index (χ1v) is 4.39. The van der Waals surface area contributed by atoms with Gasteiger partial charge in [-0.3, -0.25) is 0 Å². The van der Waals surface area contributed by atoms with Gasteiger partial charge in [-0.2, -0.15) is 0 Å².